The molecule has 0 fully saturated rings. The summed E-state index contributed by atoms with van der Waals surface area (Å²) in [5.41, 5.74) is 2.11. The zero-order valence-electron chi connectivity index (χ0n) is 15.3. The Morgan fingerprint density at radius 3 is 2.64 bits per heavy atom. The quantitative estimate of drug-likeness (QED) is 0.407. The van der Waals surface area contributed by atoms with Crippen molar-refractivity contribution in [3.05, 3.63) is 60.2 Å². The second-order valence-corrected chi connectivity index (χ2v) is 9.16. The van der Waals surface area contributed by atoms with Crippen LogP contribution in [0, 0.1) is 0 Å². The molecule has 1 N–H and O–H groups in total. The molecule has 0 bridgehead atoms. The number of esters is 1. The monoisotopic (exact) mass is 432 g/mol. The van der Waals surface area contributed by atoms with Crippen molar-refractivity contribution < 1.29 is 14.3 Å². The van der Waals surface area contributed by atoms with E-state index in [1.54, 1.807) is 23.1 Å². The molecule has 1 aromatic heterocycles. The van der Waals surface area contributed by atoms with E-state index >= 15 is 0 Å². The number of aromatic nitrogens is 1. The third-order valence-corrected chi connectivity index (χ3v) is 7.10. The van der Waals surface area contributed by atoms with Gasteiger partial charge in [0.05, 0.1) is 23.1 Å². The molecule has 2 aromatic carbocycles. The van der Waals surface area contributed by atoms with Crippen LogP contribution in [0.1, 0.15) is 5.56 Å². The van der Waals surface area contributed by atoms with E-state index in [1.807, 2.05) is 54.6 Å². The van der Waals surface area contributed by atoms with Gasteiger partial charge in [-0.2, -0.15) is 11.8 Å². The van der Waals surface area contributed by atoms with Crippen molar-refractivity contribution in [2.45, 2.75) is 16.1 Å². The van der Waals surface area contributed by atoms with E-state index in [-0.39, 0.29) is 11.7 Å². The van der Waals surface area contributed by atoms with Crippen molar-refractivity contribution in [2.24, 2.45) is 0 Å². The van der Waals surface area contributed by atoms with Gasteiger partial charge in [0.2, 0.25) is 5.91 Å². The highest BCUT2D eigenvalue weighted by Gasteiger charge is 2.21. The van der Waals surface area contributed by atoms with Crippen LogP contribution >= 0.6 is 34.9 Å². The summed E-state index contributed by atoms with van der Waals surface area (Å²) in [4.78, 5) is 28.8. The van der Waals surface area contributed by atoms with Gasteiger partial charge in [0.25, 0.3) is 0 Å². The molecule has 3 aromatic rings. The first kappa shape index (κ1) is 20.7. The average Bonchev–Trinajstić information content (AvgIpc) is 3.15. The minimum atomic E-state index is -0.665. The number of benzene rings is 2. The zero-order chi connectivity index (χ0) is 19.8. The SMILES string of the molecule is COC(=O)[C@@H](CSCc1ccccc1)NC(=O)CSc1nc2ccccc2s1. The molecule has 146 valence electrons. The van der Waals surface area contributed by atoms with Crippen LogP contribution in [0.25, 0.3) is 10.2 Å². The number of thioether (sulfide) groups is 2. The van der Waals surface area contributed by atoms with Crippen LogP contribution in [0.3, 0.4) is 0 Å². The van der Waals surface area contributed by atoms with Crippen LogP contribution < -0.4 is 5.32 Å². The molecule has 0 saturated carbocycles. The van der Waals surface area contributed by atoms with Crippen LogP contribution in [0.4, 0.5) is 0 Å². The molecule has 5 nitrogen and oxygen atoms in total. The predicted molar refractivity (Wildman–Crippen MR) is 117 cm³/mol. The number of thiazole rings is 1. The van der Waals surface area contributed by atoms with E-state index in [1.165, 1.54) is 24.4 Å². The van der Waals surface area contributed by atoms with Crippen molar-refractivity contribution >= 4 is 57.0 Å². The molecule has 8 heteroatoms. The Morgan fingerprint density at radius 1 is 1.14 bits per heavy atom. The minimum Gasteiger partial charge on any atom is -0.467 e. The van der Waals surface area contributed by atoms with Crippen LogP contribution in [0.5, 0.6) is 0 Å². The number of hydrogen-bond acceptors (Lipinski definition) is 7. The fraction of sp³-hybridized carbons (Fsp3) is 0.250. The third kappa shape index (κ3) is 5.98. The fourth-order valence-corrected chi connectivity index (χ4v) is 5.34. The molecule has 0 radical (unpaired) electrons. The topological polar surface area (TPSA) is 68.3 Å². The lowest BCUT2D eigenvalue weighted by molar-refractivity contribution is -0.144. The Balaban J connectivity index is 1.49. The van der Waals surface area contributed by atoms with Crippen LogP contribution in [-0.2, 0) is 20.1 Å². The molecule has 3 rings (SSSR count). The first-order valence-corrected chi connectivity index (χ1v) is 11.6. The number of methoxy groups -OCH3 is 1. The number of carbonyl (C=O) groups is 2. The van der Waals surface area contributed by atoms with E-state index in [0.717, 1.165) is 20.3 Å². The van der Waals surface area contributed by atoms with Gasteiger partial charge < -0.3 is 10.1 Å². The predicted octanol–water partition coefficient (Wildman–Crippen LogP) is 3.98. The Morgan fingerprint density at radius 2 is 1.89 bits per heavy atom. The van der Waals surface area contributed by atoms with Crippen molar-refractivity contribution in [3.8, 4) is 0 Å². The highest BCUT2D eigenvalue weighted by Crippen LogP contribution is 2.29. The first-order valence-electron chi connectivity index (χ1n) is 8.63. The maximum Gasteiger partial charge on any atom is 0.329 e. The smallest absolute Gasteiger partial charge is 0.329 e. The third-order valence-electron chi connectivity index (χ3n) is 3.82. The van der Waals surface area contributed by atoms with Crippen LogP contribution in [-0.4, -0.2) is 41.5 Å². The lowest BCUT2D eigenvalue weighted by atomic mass is 10.2. The number of ether oxygens (including phenoxy) is 1. The second-order valence-electron chi connectivity index (χ2n) is 5.88. The van der Waals surface area contributed by atoms with Gasteiger partial charge in [-0.1, -0.05) is 54.2 Å². The summed E-state index contributed by atoms with van der Waals surface area (Å²) in [6, 6.07) is 17.2. The van der Waals surface area contributed by atoms with E-state index in [9.17, 15) is 9.59 Å². The maximum atomic E-state index is 12.3. The number of rotatable bonds is 9. The highest BCUT2D eigenvalue weighted by atomic mass is 32.2. The fourth-order valence-electron chi connectivity index (χ4n) is 2.46. The number of fused-ring (bicyclic) bond motifs is 1. The Labute approximate surface area is 176 Å². The lowest BCUT2D eigenvalue weighted by Gasteiger charge is -2.16. The summed E-state index contributed by atoms with van der Waals surface area (Å²) in [6.07, 6.45) is 0. The van der Waals surface area contributed by atoms with Gasteiger partial charge in [0.1, 0.15) is 6.04 Å². The maximum absolute atomic E-state index is 12.3. The minimum absolute atomic E-state index is 0.205. The molecule has 1 heterocycles. The Hall–Kier alpha value is -2.03. The van der Waals surface area contributed by atoms with Gasteiger partial charge in [0.15, 0.2) is 4.34 Å². The standard InChI is InChI=1S/C20H20N2O3S3/c1-25-19(24)16(12-26-11-14-7-3-2-4-8-14)21-18(23)13-27-20-22-15-9-5-6-10-17(15)28-20/h2-10,16H,11-13H2,1H3,(H,21,23)/t16-/m1/s1. The molecule has 0 aliphatic rings. The van der Waals surface area contributed by atoms with Gasteiger partial charge in [-0.25, -0.2) is 9.78 Å². The van der Waals surface area contributed by atoms with Crippen molar-refractivity contribution in [2.75, 3.05) is 18.6 Å². The largest absolute Gasteiger partial charge is 0.467 e. The molecular formula is C20H20N2O3S3. The summed E-state index contributed by atoms with van der Waals surface area (Å²) in [7, 11) is 1.33. The number of nitrogens with one attached hydrogen (secondary N) is 1. The Bertz CT molecular complexity index is 898. The van der Waals surface area contributed by atoms with Gasteiger partial charge in [-0.15, -0.1) is 11.3 Å². The lowest BCUT2D eigenvalue weighted by Crippen LogP contribution is -2.44. The summed E-state index contributed by atoms with van der Waals surface area (Å²) < 4.78 is 6.76. The number of hydrogen-bond donors (Lipinski definition) is 1. The van der Waals surface area contributed by atoms with Gasteiger partial charge in [-0.3, -0.25) is 4.79 Å². The molecule has 1 atom stereocenters. The van der Waals surface area contributed by atoms with Gasteiger partial charge in [-0.05, 0) is 17.7 Å². The molecule has 0 spiro atoms. The van der Waals surface area contributed by atoms with Crippen LogP contribution in [0.2, 0.25) is 0 Å². The highest BCUT2D eigenvalue weighted by molar-refractivity contribution is 8.01. The average molecular weight is 433 g/mol. The number of nitrogens with zero attached hydrogens (tertiary/aromatic N) is 1. The van der Waals surface area contributed by atoms with Crippen molar-refractivity contribution in [1.29, 1.82) is 0 Å². The number of para-hydroxylation sites is 1. The van der Waals surface area contributed by atoms with Gasteiger partial charge >= 0.3 is 5.97 Å². The van der Waals surface area contributed by atoms with Crippen molar-refractivity contribution in [1.82, 2.24) is 10.3 Å². The van der Waals surface area contributed by atoms with Crippen molar-refractivity contribution in [3.63, 3.8) is 0 Å². The first-order chi connectivity index (χ1) is 13.7. The van der Waals surface area contributed by atoms with Gasteiger partial charge in [0, 0.05) is 11.5 Å². The molecule has 0 aliphatic carbocycles. The van der Waals surface area contributed by atoms with E-state index in [0.29, 0.717) is 5.75 Å². The summed E-state index contributed by atoms with van der Waals surface area (Å²) in [5.74, 6) is 0.791. The normalized spacial score (nSPS) is 11.9. The molecule has 0 aliphatic heterocycles. The summed E-state index contributed by atoms with van der Waals surface area (Å²) in [5, 5.41) is 2.78. The molecule has 28 heavy (non-hydrogen) atoms. The number of carbonyl (C=O) groups excluding carboxylic acids is 2. The second kappa shape index (κ2) is 10.5. The molecule has 0 saturated heterocycles. The van der Waals surface area contributed by atoms with E-state index < -0.39 is 12.0 Å². The summed E-state index contributed by atoms with van der Waals surface area (Å²) >= 11 is 4.51. The zero-order valence-corrected chi connectivity index (χ0v) is 17.7. The number of amides is 1. The van der Waals surface area contributed by atoms with E-state index in [2.05, 4.69) is 10.3 Å². The molecule has 1 amide bonds. The van der Waals surface area contributed by atoms with E-state index in [4.69, 9.17) is 4.74 Å². The Kier molecular flexibility index (Phi) is 7.76. The molecule has 0 unspecified atom stereocenters. The molecular weight excluding hydrogens is 412 g/mol. The summed E-state index contributed by atoms with van der Waals surface area (Å²) in [6.45, 7) is 0. The van der Waals surface area contributed by atoms with Crippen LogP contribution in [0.15, 0.2) is 58.9 Å².